The van der Waals surface area contributed by atoms with Crippen LogP contribution in [0, 0.1) is 5.82 Å². The molecule has 3 rings (SSSR count). The van der Waals surface area contributed by atoms with Crippen molar-refractivity contribution < 1.29 is 12.8 Å². The molecule has 0 aliphatic heterocycles. The van der Waals surface area contributed by atoms with Gasteiger partial charge in [-0.15, -0.1) is 0 Å². The lowest BCUT2D eigenvalue weighted by atomic mass is 10.2. The van der Waals surface area contributed by atoms with Gasteiger partial charge in [-0.1, -0.05) is 11.6 Å². The van der Waals surface area contributed by atoms with Crippen LogP contribution in [-0.4, -0.2) is 29.7 Å². The molecule has 0 bridgehead atoms. The highest BCUT2D eigenvalue weighted by Crippen LogP contribution is 2.19. The number of hydrogen-bond donors (Lipinski definition) is 1. The Kier molecular flexibility index (Phi) is 5.12. The molecule has 0 spiro atoms. The Morgan fingerprint density at radius 1 is 1.16 bits per heavy atom. The van der Waals surface area contributed by atoms with Crippen molar-refractivity contribution in [2.75, 3.05) is 6.54 Å². The molecule has 0 unspecified atom stereocenters. The van der Waals surface area contributed by atoms with Gasteiger partial charge in [-0.05, 0) is 36.4 Å². The molecule has 0 saturated carbocycles. The average molecular weight is 381 g/mol. The Hall–Kier alpha value is -2.29. The highest BCUT2D eigenvalue weighted by Gasteiger charge is 2.15. The molecule has 0 aliphatic rings. The number of nitrogens with zero attached hydrogens (tertiary/aromatic N) is 3. The van der Waals surface area contributed by atoms with E-state index < -0.39 is 15.8 Å². The second-order valence-corrected chi connectivity index (χ2v) is 7.35. The fourth-order valence-corrected chi connectivity index (χ4v) is 3.48. The highest BCUT2D eigenvalue weighted by molar-refractivity contribution is 7.89. The van der Waals surface area contributed by atoms with Crippen molar-refractivity contribution in [3.63, 3.8) is 0 Å². The summed E-state index contributed by atoms with van der Waals surface area (Å²) in [6, 6.07) is 8.78. The third-order valence-corrected chi connectivity index (χ3v) is 5.20. The van der Waals surface area contributed by atoms with Crippen molar-refractivity contribution in [1.29, 1.82) is 0 Å². The number of pyridine rings is 1. The van der Waals surface area contributed by atoms with Gasteiger partial charge < -0.3 is 0 Å². The van der Waals surface area contributed by atoms with E-state index in [0.717, 1.165) is 23.4 Å². The van der Waals surface area contributed by atoms with Crippen LogP contribution in [0.15, 0.2) is 59.9 Å². The van der Waals surface area contributed by atoms with E-state index in [1.165, 1.54) is 6.07 Å². The minimum atomic E-state index is -3.77. The number of sulfonamides is 1. The van der Waals surface area contributed by atoms with Gasteiger partial charge in [0.05, 0.1) is 22.2 Å². The summed E-state index contributed by atoms with van der Waals surface area (Å²) in [5, 5.41) is 4.14. The molecule has 0 radical (unpaired) electrons. The Balaban J connectivity index is 1.63. The minimum absolute atomic E-state index is 0.0863. The van der Waals surface area contributed by atoms with Crippen LogP contribution in [0.2, 0.25) is 5.02 Å². The maximum atomic E-state index is 13.1. The lowest BCUT2D eigenvalue weighted by Crippen LogP contribution is -2.27. The topological polar surface area (TPSA) is 76.9 Å². The molecule has 2 aromatic heterocycles. The van der Waals surface area contributed by atoms with E-state index in [1.54, 1.807) is 23.3 Å². The van der Waals surface area contributed by atoms with Crippen molar-refractivity contribution in [1.82, 2.24) is 19.5 Å². The van der Waals surface area contributed by atoms with Crippen LogP contribution in [0.25, 0.3) is 11.3 Å². The van der Waals surface area contributed by atoms with Gasteiger partial charge in [0.2, 0.25) is 10.0 Å². The summed E-state index contributed by atoms with van der Waals surface area (Å²) in [4.78, 5) is 3.86. The molecule has 6 nitrogen and oxygen atoms in total. The molecule has 3 aromatic rings. The van der Waals surface area contributed by atoms with Crippen LogP contribution in [0.1, 0.15) is 0 Å². The van der Waals surface area contributed by atoms with E-state index in [9.17, 15) is 12.8 Å². The van der Waals surface area contributed by atoms with Gasteiger partial charge in [-0.25, -0.2) is 17.5 Å². The van der Waals surface area contributed by atoms with Gasteiger partial charge in [0.1, 0.15) is 5.82 Å². The fourth-order valence-electron chi connectivity index (χ4n) is 2.18. The zero-order chi connectivity index (χ0) is 17.9. The van der Waals surface area contributed by atoms with E-state index >= 15 is 0 Å². The molecule has 2 heterocycles. The largest absolute Gasteiger partial charge is 0.271 e. The Morgan fingerprint density at radius 2 is 1.92 bits per heavy atom. The molecular formula is C16H14ClFN4O2S. The lowest BCUT2D eigenvalue weighted by molar-refractivity contribution is 0.561. The smallest absolute Gasteiger partial charge is 0.240 e. The Labute approximate surface area is 149 Å². The van der Waals surface area contributed by atoms with Crippen LogP contribution in [0.4, 0.5) is 4.39 Å². The van der Waals surface area contributed by atoms with E-state index in [4.69, 9.17) is 11.6 Å². The number of hydrogen-bond acceptors (Lipinski definition) is 4. The second kappa shape index (κ2) is 7.30. The van der Waals surface area contributed by atoms with E-state index in [1.807, 2.05) is 18.2 Å². The summed E-state index contributed by atoms with van der Waals surface area (Å²) in [6.07, 6.45) is 5.12. The number of rotatable bonds is 6. The number of nitrogens with one attached hydrogen (secondary N) is 1. The first kappa shape index (κ1) is 17.5. The van der Waals surface area contributed by atoms with Crippen molar-refractivity contribution in [2.24, 2.45) is 0 Å². The minimum Gasteiger partial charge on any atom is -0.271 e. The molecule has 0 saturated heterocycles. The van der Waals surface area contributed by atoms with Crippen LogP contribution < -0.4 is 4.72 Å². The lowest BCUT2D eigenvalue weighted by Gasteiger charge is -2.07. The zero-order valence-corrected chi connectivity index (χ0v) is 14.5. The molecule has 1 aromatic carbocycles. The van der Waals surface area contributed by atoms with Gasteiger partial charge in [-0.3, -0.25) is 9.67 Å². The second-order valence-electron chi connectivity index (χ2n) is 5.17. The Morgan fingerprint density at radius 3 is 2.64 bits per heavy atom. The molecule has 25 heavy (non-hydrogen) atoms. The first-order valence-electron chi connectivity index (χ1n) is 7.34. The zero-order valence-electron chi connectivity index (χ0n) is 12.9. The molecule has 1 N–H and O–H groups in total. The van der Waals surface area contributed by atoms with Gasteiger partial charge in [0.25, 0.3) is 0 Å². The summed E-state index contributed by atoms with van der Waals surface area (Å²) < 4.78 is 41.6. The third kappa shape index (κ3) is 4.22. The predicted octanol–water partition coefficient (Wildman–Crippen LogP) is 2.72. The Bertz CT molecular complexity index is 977. The van der Waals surface area contributed by atoms with Crippen molar-refractivity contribution >= 4 is 21.6 Å². The predicted molar refractivity (Wildman–Crippen MR) is 92.1 cm³/mol. The summed E-state index contributed by atoms with van der Waals surface area (Å²) >= 11 is 5.63. The molecule has 0 amide bonds. The van der Waals surface area contributed by atoms with Crippen LogP contribution in [0.3, 0.4) is 0 Å². The first-order valence-corrected chi connectivity index (χ1v) is 9.20. The molecule has 0 fully saturated rings. The quantitative estimate of drug-likeness (QED) is 0.713. The number of aromatic nitrogens is 3. The fraction of sp³-hybridized carbons (Fsp3) is 0.125. The van der Waals surface area contributed by atoms with Crippen LogP contribution in [-0.2, 0) is 16.6 Å². The summed E-state index contributed by atoms with van der Waals surface area (Å²) in [7, 11) is -3.77. The number of benzene rings is 1. The first-order chi connectivity index (χ1) is 12.0. The maximum Gasteiger partial charge on any atom is 0.240 e. The summed E-state index contributed by atoms with van der Waals surface area (Å²) in [5.41, 5.74) is 1.70. The van der Waals surface area contributed by atoms with E-state index in [0.29, 0.717) is 6.54 Å². The molecular weight excluding hydrogens is 367 g/mol. The van der Waals surface area contributed by atoms with Crippen molar-refractivity contribution in [3.8, 4) is 11.3 Å². The van der Waals surface area contributed by atoms with Crippen LogP contribution in [0.5, 0.6) is 0 Å². The van der Waals surface area contributed by atoms with Crippen molar-refractivity contribution in [2.45, 2.75) is 11.4 Å². The molecule has 130 valence electrons. The van der Waals surface area contributed by atoms with Gasteiger partial charge >= 0.3 is 0 Å². The third-order valence-electron chi connectivity index (χ3n) is 3.45. The average Bonchev–Trinajstić information content (AvgIpc) is 3.07. The molecule has 0 aliphatic carbocycles. The molecule has 9 heteroatoms. The van der Waals surface area contributed by atoms with E-state index in [2.05, 4.69) is 14.8 Å². The summed E-state index contributed by atoms with van der Waals surface area (Å²) in [5.74, 6) is -0.666. The van der Waals surface area contributed by atoms with Gasteiger partial charge in [0, 0.05) is 30.7 Å². The molecule has 0 atom stereocenters. The van der Waals surface area contributed by atoms with Gasteiger partial charge in [0.15, 0.2) is 0 Å². The normalized spacial score (nSPS) is 11.6. The summed E-state index contributed by atoms with van der Waals surface area (Å²) in [6.45, 7) is 0.480. The SMILES string of the molecule is O=S(=O)(NCCn1ccc(-c2ccncc2)n1)c1ccc(F)c(Cl)c1. The highest BCUT2D eigenvalue weighted by atomic mass is 35.5. The van der Waals surface area contributed by atoms with Gasteiger partial charge in [-0.2, -0.15) is 5.10 Å². The maximum absolute atomic E-state index is 13.1. The van der Waals surface area contributed by atoms with Crippen molar-refractivity contribution in [3.05, 3.63) is 65.8 Å². The number of halogens is 2. The van der Waals surface area contributed by atoms with Crippen LogP contribution >= 0.6 is 11.6 Å². The van der Waals surface area contributed by atoms with E-state index in [-0.39, 0.29) is 16.5 Å². The monoisotopic (exact) mass is 380 g/mol. The standard InChI is InChI=1S/C16H14ClFN4O2S/c17-14-11-13(1-2-15(14)18)25(23,24)20-8-10-22-9-5-16(21-22)12-3-6-19-7-4-12/h1-7,9,11,20H,8,10H2.